The number of fused-ring (bicyclic) bond motifs is 1. The van der Waals surface area contributed by atoms with E-state index in [1.54, 1.807) is 6.92 Å². The van der Waals surface area contributed by atoms with Crippen molar-refractivity contribution in [2.24, 2.45) is 5.73 Å². The van der Waals surface area contributed by atoms with E-state index in [0.717, 1.165) is 10.6 Å². The zero-order valence-electron chi connectivity index (χ0n) is 10.7. The standard InChI is InChI=1S/C13H16N2O3S/c1-2-18-12(16)7-15-10-5-3-4-6-11(10)19-8-9(14)13(15)17/h3-6,9H,2,7-8,14H2,1H3. The second-order valence-electron chi connectivity index (χ2n) is 4.11. The quantitative estimate of drug-likeness (QED) is 0.837. The highest BCUT2D eigenvalue weighted by Gasteiger charge is 2.29. The smallest absolute Gasteiger partial charge is 0.326 e. The zero-order chi connectivity index (χ0) is 13.8. The Hall–Kier alpha value is -1.53. The fourth-order valence-electron chi connectivity index (χ4n) is 1.87. The lowest BCUT2D eigenvalue weighted by atomic mass is 10.2. The Kier molecular flexibility index (Phi) is 4.44. The fourth-order valence-corrected chi connectivity index (χ4v) is 2.87. The van der Waals surface area contributed by atoms with Crippen LogP contribution in [0.15, 0.2) is 29.2 Å². The molecule has 5 nitrogen and oxygen atoms in total. The van der Waals surface area contributed by atoms with Crippen molar-refractivity contribution in [2.75, 3.05) is 23.8 Å². The molecular weight excluding hydrogens is 264 g/mol. The number of amides is 1. The predicted octanol–water partition coefficient (Wildman–Crippen LogP) is 1.02. The number of thioether (sulfide) groups is 1. The molecule has 1 aliphatic heterocycles. The van der Waals surface area contributed by atoms with E-state index >= 15 is 0 Å². The molecule has 0 radical (unpaired) electrons. The van der Waals surface area contributed by atoms with Gasteiger partial charge in [-0.25, -0.2) is 0 Å². The number of rotatable bonds is 3. The molecule has 1 atom stereocenters. The zero-order valence-corrected chi connectivity index (χ0v) is 11.5. The summed E-state index contributed by atoms with van der Waals surface area (Å²) in [6, 6.07) is 6.87. The number of esters is 1. The SMILES string of the molecule is CCOC(=O)CN1C(=O)C(N)CSc2ccccc21. The summed E-state index contributed by atoms with van der Waals surface area (Å²) in [6.07, 6.45) is 0. The highest BCUT2D eigenvalue weighted by molar-refractivity contribution is 7.99. The molecule has 0 saturated heterocycles. The van der Waals surface area contributed by atoms with Crippen LogP contribution in [0.4, 0.5) is 5.69 Å². The molecular formula is C13H16N2O3S. The van der Waals surface area contributed by atoms with Crippen molar-refractivity contribution in [3.8, 4) is 0 Å². The van der Waals surface area contributed by atoms with E-state index in [4.69, 9.17) is 10.5 Å². The number of para-hydroxylation sites is 1. The summed E-state index contributed by atoms with van der Waals surface area (Å²) in [6.45, 7) is 1.93. The third-order valence-electron chi connectivity index (χ3n) is 2.75. The minimum atomic E-state index is -0.605. The lowest BCUT2D eigenvalue weighted by molar-refractivity contribution is -0.142. The summed E-state index contributed by atoms with van der Waals surface area (Å²) in [5, 5.41) is 0. The number of benzene rings is 1. The molecule has 0 saturated carbocycles. The third-order valence-corrected chi connectivity index (χ3v) is 3.93. The van der Waals surface area contributed by atoms with Gasteiger partial charge in [-0.3, -0.25) is 14.5 Å². The van der Waals surface area contributed by atoms with Gasteiger partial charge in [0.15, 0.2) is 0 Å². The number of nitrogens with zero attached hydrogens (tertiary/aromatic N) is 1. The Morgan fingerprint density at radius 2 is 2.26 bits per heavy atom. The molecule has 1 heterocycles. The number of hydrogen-bond donors (Lipinski definition) is 1. The average molecular weight is 280 g/mol. The largest absolute Gasteiger partial charge is 0.465 e. The first-order chi connectivity index (χ1) is 9.13. The molecule has 0 bridgehead atoms. The number of anilines is 1. The molecule has 0 aliphatic carbocycles. The Labute approximate surface area is 116 Å². The molecule has 0 spiro atoms. The summed E-state index contributed by atoms with van der Waals surface area (Å²) in [5.74, 6) is -0.162. The maximum Gasteiger partial charge on any atom is 0.326 e. The summed E-state index contributed by atoms with van der Waals surface area (Å²) >= 11 is 1.53. The van der Waals surface area contributed by atoms with Crippen LogP contribution >= 0.6 is 11.8 Å². The Balaban J connectivity index is 2.31. The predicted molar refractivity (Wildman–Crippen MR) is 74.1 cm³/mol. The van der Waals surface area contributed by atoms with Crippen molar-refractivity contribution in [3.05, 3.63) is 24.3 Å². The Bertz CT molecular complexity index is 493. The molecule has 1 aliphatic rings. The van der Waals surface area contributed by atoms with Gasteiger partial charge in [0, 0.05) is 10.6 Å². The van der Waals surface area contributed by atoms with Gasteiger partial charge in [-0.2, -0.15) is 0 Å². The minimum absolute atomic E-state index is 0.0993. The van der Waals surface area contributed by atoms with Crippen LogP contribution < -0.4 is 10.6 Å². The van der Waals surface area contributed by atoms with Gasteiger partial charge in [-0.15, -0.1) is 11.8 Å². The fraction of sp³-hybridized carbons (Fsp3) is 0.385. The van der Waals surface area contributed by atoms with E-state index in [1.165, 1.54) is 16.7 Å². The van der Waals surface area contributed by atoms with E-state index in [2.05, 4.69) is 0 Å². The van der Waals surface area contributed by atoms with E-state index in [-0.39, 0.29) is 12.5 Å². The third kappa shape index (κ3) is 3.08. The minimum Gasteiger partial charge on any atom is -0.465 e. The van der Waals surface area contributed by atoms with E-state index in [1.807, 2.05) is 24.3 Å². The molecule has 2 rings (SSSR count). The van der Waals surface area contributed by atoms with Crippen molar-refractivity contribution in [1.82, 2.24) is 0 Å². The summed E-state index contributed by atoms with van der Waals surface area (Å²) in [5.41, 5.74) is 6.55. The number of hydrogen-bond acceptors (Lipinski definition) is 5. The van der Waals surface area contributed by atoms with Gasteiger partial charge in [0.25, 0.3) is 0 Å². The van der Waals surface area contributed by atoms with Crippen molar-refractivity contribution in [1.29, 1.82) is 0 Å². The normalized spacial score (nSPS) is 18.7. The van der Waals surface area contributed by atoms with E-state index in [9.17, 15) is 9.59 Å². The first-order valence-corrected chi connectivity index (χ1v) is 7.06. The van der Waals surface area contributed by atoms with Crippen LogP contribution in [-0.4, -0.2) is 36.8 Å². The summed E-state index contributed by atoms with van der Waals surface area (Å²) in [4.78, 5) is 26.2. The lowest BCUT2D eigenvalue weighted by Crippen LogP contribution is -2.46. The second-order valence-corrected chi connectivity index (χ2v) is 5.18. The molecule has 2 N–H and O–H groups in total. The van der Waals surface area contributed by atoms with Crippen LogP contribution in [0.5, 0.6) is 0 Å². The van der Waals surface area contributed by atoms with Crippen molar-refractivity contribution < 1.29 is 14.3 Å². The molecule has 0 aromatic heterocycles. The molecule has 0 fully saturated rings. The van der Waals surface area contributed by atoms with Gasteiger partial charge >= 0.3 is 5.97 Å². The number of carbonyl (C=O) groups excluding carboxylic acids is 2. The molecule has 1 unspecified atom stereocenters. The molecule has 1 aromatic carbocycles. The first kappa shape index (κ1) is 13.9. The topological polar surface area (TPSA) is 72.6 Å². The van der Waals surface area contributed by atoms with Crippen LogP contribution in [0.3, 0.4) is 0 Å². The second kappa shape index (κ2) is 6.08. The van der Waals surface area contributed by atoms with Crippen molar-refractivity contribution in [3.63, 3.8) is 0 Å². The van der Waals surface area contributed by atoms with Gasteiger partial charge in [-0.1, -0.05) is 12.1 Å². The molecule has 6 heteroatoms. The van der Waals surface area contributed by atoms with E-state index < -0.39 is 12.0 Å². The number of carbonyl (C=O) groups is 2. The monoisotopic (exact) mass is 280 g/mol. The highest BCUT2D eigenvalue weighted by Crippen LogP contribution is 2.33. The van der Waals surface area contributed by atoms with Crippen LogP contribution in [0.25, 0.3) is 0 Å². The van der Waals surface area contributed by atoms with Crippen LogP contribution in [0, 0.1) is 0 Å². The molecule has 1 aromatic rings. The number of nitrogens with two attached hydrogens (primary N) is 1. The lowest BCUT2D eigenvalue weighted by Gasteiger charge is -2.23. The highest BCUT2D eigenvalue weighted by atomic mass is 32.2. The summed E-state index contributed by atoms with van der Waals surface area (Å²) < 4.78 is 4.90. The molecule has 1 amide bonds. The van der Waals surface area contributed by atoms with Crippen molar-refractivity contribution in [2.45, 2.75) is 17.9 Å². The van der Waals surface area contributed by atoms with Crippen LogP contribution in [0.2, 0.25) is 0 Å². The maximum atomic E-state index is 12.2. The van der Waals surface area contributed by atoms with Gasteiger partial charge < -0.3 is 10.5 Å². The van der Waals surface area contributed by atoms with Crippen molar-refractivity contribution >= 4 is 29.3 Å². The molecule has 102 valence electrons. The van der Waals surface area contributed by atoms with Crippen LogP contribution in [0.1, 0.15) is 6.92 Å². The van der Waals surface area contributed by atoms with Gasteiger partial charge in [-0.05, 0) is 19.1 Å². The Morgan fingerprint density at radius 3 is 3.00 bits per heavy atom. The first-order valence-electron chi connectivity index (χ1n) is 6.08. The maximum absolute atomic E-state index is 12.2. The number of ether oxygens (including phenoxy) is 1. The van der Waals surface area contributed by atoms with Crippen LogP contribution in [-0.2, 0) is 14.3 Å². The van der Waals surface area contributed by atoms with Gasteiger partial charge in [0.05, 0.1) is 18.3 Å². The summed E-state index contributed by atoms with van der Waals surface area (Å²) in [7, 11) is 0. The van der Waals surface area contributed by atoms with Gasteiger partial charge in [0.2, 0.25) is 5.91 Å². The molecule has 19 heavy (non-hydrogen) atoms. The Morgan fingerprint density at radius 1 is 1.53 bits per heavy atom. The van der Waals surface area contributed by atoms with Gasteiger partial charge in [0.1, 0.15) is 6.54 Å². The average Bonchev–Trinajstić information content (AvgIpc) is 2.52. The van der Waals surface area contributed by atoms with E-state index in [0.29, 0.717) is 12.4 Å².